The lowest BCUT2D eigenvalue weighted by Gasteiger charge is -2.44. The number of nitrogens with one attached hydrogen (secondary N) is 3. The van der Waals surface area contributed by atoms with Crippen molar-refractivity contribution < 1.29 is 14.3 Å². The summed E-state index contributed by atoms with van der Waals surface area (Å²) in [7, 11) is 0. The van der Waals surface area contributed by atoms with E-state index in [1.54, 1.807) is 12.1 Å². The van der Waals surface area contributed by atoms with Gasteiger partial charge in [0, 0.05) is 50.7 Å². The Morgan fingerprint density at radius 1 is 1.12 bits per heavy atom. The number of amides is 1. The number of H-pyrrole nitrogens is 1. The largest absolute Gasteiger partial charge is 0.505 e. The number of benzene rings is 1. The maximum atomic E-state index is 14.3. The number of nitrogens with zero attached hydrogens (tertiary/aromatic N) is 4. The number of piperazine rings is 1. The van der Waals surface area contributed by atoms with Gasteiger partial charge in [-0.25, -0.2) is 14.8 Å². The van der Waals surface area contributed by atoms with Crippen LogP contribution in [0.4, 0.5) is 4.39 Å². The highest BCUT2D eigenvalue weighted by atomic mass is 19.1. The number of aryl methyl sites for hydroxylation is 1. The fourth-order valence-electron chi connectivity index (χ4n) is 7.85. The Morgan fingerprint density at radius 3 is 2.57 bits per heavy atom. The molecule has 6 rings (SSSR count). The van der Waals surface area contributed by atoms with Crippen LogP contribution in [0.2, 0.25) is 0 Å². The molecule has 230 valence electrons. The highest BCUT2D eigenvalue weighted by molar-refractivity contribution is 5.82. The summed E-state index contributed by atoms with van der Waals surface area (Å²) in [5.41, 5.74) is 11.4. The molecule has 2 saturated heterocycles. The Hall–Kier alpha value is -2.53. The van der Waals surface area contributed by atoms with Crippen molar-refractivity contribution in [2.75, 3.05) is 32.7 Å². The molecule has 42 heavy (non-hydrogen) atoms. The predicted octanol–water partition coefficient (Wildman–Crippen LogP) is 3.61. The number of aromatic amines is 1. The van der Waals surface area contributed by atoms with Crippen LogP contribution < -0.4 is 10.9 Å². The summed E-state index contributed by atoms with van der Waals surface area (Å²) in [6, 6.07) is 3.29. The van der Waals surface area contributed by atoms with Gasteiger partial charge in [0.1, 0.15) is 5.82 Å². The lowest BCUT2D eigenvalue weighted by atomic mass is 9.73. The van der Waals surface area contributed by atoms with Gasteiger partial charge in [-0.1, -0.05) is 13.8 Å². The number of halogens is 1. The first kappa shape index (κ1) is 29.5. The average molecular weight is 582 g/mol. The summed E-state index contributed by atoms with van der Waals surface area (Å²) in [5, 5.41) is 9.88. The van der Waals surface area contributed by atoms with E-state index in [0.29, 0.717) is 18.9 Å². The van der Waals surface area contributed by atoms with Crippen molar-refractivity contribution in [2.45, 2.75) is 103 Å². The zero-order chi connectivity index (χ0) is 29.8. The van der Waals surface area contributed by atoms with Crippen molar-refractivity contribution in [3.63, 3.8) is 0 Å². The molecule has 4 N–H and O–H groups in total. The fourth-order valence-corrected chi connectivity index (χ4v) is 7.85. The number of fused-ring (bicyclic) bond motifs is 2. The first-order valence-electron chi connectivity index (χ1n) is 15.9. The number of hydrogen-bond acceptors (Lipinski definition) is 7. The van der Waals surface area contributed by atoms with Gasteiger partial charge in [0.2, 0.25) is 5.91 Å². The van der Waals surface area contributed by atoms with Crippen molar-refractivity contribution in [1.82, 2.24) is 35.5 Å². The van der Waals surface area contributed by atoms with E-state index in [1.807, 2.05) is 0 Å². The van der Waals surface area contributed by atoms with Gasteiger partial charge in [0.05, 0.1) is 23.5 Å². The maximum Gasteiger partial charge on any atom is 0.240 e. The Balaban J connectivity index is 1.13. The Morgan fingerprint density at radius 2 is 1.88 bits per heavy atom. The van der Waals surface area contributed by atoms with Crippen molar-refractivity contribution >= 4 is 5.91 Å². The van der Waals surface area contributed by atoms with E-state index in [0.717, 1.165) is 86.7 Å². The molecule has 3 fully saturated rings. The topological polar surface area (TPSA) is 99.8 Å². The molecule has 5 atom stereocenters. The third-order valence-corrected chi connectivity index (χ3v) is 10.4. The lowest BCUT2D eigenvalue weighted by molar-refractivity contribution is -0.140. The van der Waals surface area contributed by atoms with E-state index < -0.39 is 5.82 Å². The average Bonchev–Trinajstić information content (AvgIpc) is 3.60. The molecule has 4 unspecified atom stereocenters. The van der Waals surface area contributed by atoms with E-state index in [-0.39, 0.29) is 41.2 Å². The Bertz CT molecular complexity index is 1300. The van der Waals surface area contributed by atoms with Crippen LogP contribution in [0.25, 0.3) is 0 Å². The first-order chi connectivity index (χ1) is 20.1. The molecule has 3 aliphatic heterocycles. The third kappa shape index (κ3) is 5.47. The van der Waals surface area contributed by atoms with Crippen LogP contribution in [0.5, 0.6) is 5.75 Å². The number of carbonyl (C=O) groups excluding carboxylic acids is 1. The molecule has 1 saturated carbocycles. The Kier molecular flexibility index (Phi) is 8.10. The summed E-state index contributed by atoms with van der Waals surface area (Å²) in [6.45, 7) is 15.8. The SMILES string of the molecule is CCc1cc(O)c(F)cc1C1CCC2C(C1)NNC2c1nc2c([nH]1)CN(CC)[C@H](C(=O)N1CCN(C(C)(C)C)CC1)C2. The Labute approximate surface area is 249 Å². The van der Waals surface area contributed by atoms with E-state index in [4.69, 9.17) is 4.98 Å². The minimum atomic E-state index is -0.536. The molecule has 2 aromatic rings. The molecule has 4 aliphatic rings. The smallest absolute Gasteiger partial charge is 0.240 e. The normalized spacial score (nSPS) is 29.0. The summed E-state index contributed by atoms with van der Waals surface area (Å²) >= 11 is 0. The number of imidazole rings is 1. The molecule has 9 nitrogen and oxygen atoms in total. The summed E-state index contributed by atoms with van der Waals surface area (Å²) in [4.78, 5) is 29.3. The van der Waals surface area contributed by atoms with Crippen molar-refractivity contribution in [3.05, 3.63) is 46.3 Å². The van der Waals surface area contributed by atoms with E-state index in [2.05, 4.69) is 65.2 Å². The molecule has 1 aliphatic carbocycles. The number of aromatic hydroxyl groups is 1. The molecular formula is C32H48FN7O2. The maximum absolute atomic E-state index is 14.3. The molecule has 0 radical (unpaired) electrons. The highest BCUT2D eigenvalue weighted by Gasteiger charge is 2.44. The van der Waals surface area contributed by atoms with Crippen LogP contribution in [-0.4, -0.2) is 86.0 Å². The van der Waals surface area contributed by atoms with Crippen molar-refractivity contribution in [3.8, 4) is 5.75 Å². The van der Waals surface area contributed by atoms with Crippen molar-refractivity contribution in [2.24, 2.45) is 5.92 Å². The van der Waals surface area contributed by atoms with Crippen LogP contribution in [-0.2, 0) is 24.2 Å². The zero-order valence-electron chi connectivity index (χ0n) is 25.8. The van der Waals surface area contributed by atoms with Crippen LogP contribution in [0.15, 0.2) is 12.1 Å². The van der Waals surface area contributed by atoms with Gasteiger partial charge in [0.15, 0.2) is 11.6 Å². The molecule has 1 amide bonds. The first-order valence-corrected chi connectivity index (χ1v) is 15.9. The van der Waals surface area contributed by atoms with Crippen LogP contribution in [0.3, 0.4) is 0 Å². The third-order valence-electron chi connectivity index (χ3n) is 10.4. The van der Waals surface area contributed by atoms with Crippen LogP contribution in [0, 0.1) is 11.7 Å². The summed E-state index contributed by atoms with van der Waals surface area (Å²) in [5.74, 6) is 1.01. The van der Waals surface area contributed by atoms with Crippen molar-refractivity contribution in [1.29, 1.82) is 0 Å². The molecule has 4 heterocycles. The van der Waals surface area contributed by atoms with E-state index >= 15 is 0 Å². The number of phenolic OH excluding ortho intramolecular Hbond substituents is 1. The monoisotopic (exact) mass is 581 g/mol. The molecule has 1 aromatic heterocycles. The van der Waals surface area contributed by atoms with Gasteiger partial charge in [0.25, 0.3) is 0 Å². The van der Waals surface area contributed by atoms with Gasteiger partial charge >= 0.3 is 0 Å². The number of carbonyl (C=O) groups is 1. The number of hydrogen-bond donors (Lipinski definition) is 4. The molecule has 10 heteroatoms. The zero-order valence-corrected chi connectivity index (χ0v) is 25.8. The second-order valence-corrected chi connectivity index (χ2v) is 13.7. The fraction of sp³-hybridized carbons (Fsp3) is 0.688. The number of hydrazine groups is 1. The number of rotatable bonds is 5. The molecule has 1 aromatic carbocycles. The van der Waals surface area contributed by atoms with Gasteiger partial charge in [-0.2, -0.15) is 0 Å². The summed E-state index contributed by atoms with van der Waals surface area (Å²) < 4.78 is 14.3. The predicted molar refractivity (Wildman–Crippen MR) is 160 cm³/mol. The van der Waals surface area contributed by atoms with Gasteiger partial charge in [-0.05, 0) is 88.1 Å². The van der Waals surface area contributed by atoms with Crippen LogP contribution in [0.1, 0.15) is 94.2 Å². The van der Waals surface area contributed by atoms with Crippen LogP contribution >= 0.6 is 0 Å². The number of likely N-dealkylation sites (N-methyl/N-ethyl adjacent to an activating group) is 1. The minimum absolute atomic E-state index is 0.0680. The number of phenols is 1. The second-order valence-electron chi connectivity index (χ2n) is 13.7. The van der Waals surface area contributed by atoms with Gasteiger partial charge in [-0.15, -0.1) is 0 Å². The minimum Gasteiger partial charge on any atom is -0.505 e. The molecular weight excluding hydrogens is 533 g/mol. The second kappa shape index (κ2) is 11.5. The standard InChI is InChI=1S/C32H48FN7O2/c1-6-19-15-28(41)23(33)16-22(19)20-8-9-21-24(14-20)36-37-29(21)30-34-25-17-27(38(7-2)18-26(25)35-30)31(42)39-10-12-40(13-11-39)32(3,4)5/h15-16,20-21,24,27,29,36-37,41H,6-14,17-18H2,1-5H3,(H,34,35)/t20?,21?,24?,27-,29?/m0/s1. The quantitative estimate of drug-likeness (QED) is 0.428. The summed E-state index contributed by atoms with van der Waals surface area (Å²) in [6.07, 6.45) is 4.29. The lowest BCUT2D eigenvalue weighted by Crippen LogP contribution is -2.59. The van der Waals surface area contributed by atoms with E-state index in [9.17, 15) is 14.3 Å². The van der Waals surface area contributed by atoms with Gasteiger partial charge < -0.3 is 15.0 Å². The molecule has 0 spiro atoms. The van der Waals surface area contributed by atoms with E-state index in [1.165, 1.54) is 0 Å². The van der Waals surface area contributed by atoms with Gasteiger partial charge in [-0.3, -0.25) is 20.0 Å². The number of aromatic nitrogens is 2. The molecule has 0 bridgehead atoms. The highest BCUT2D eigenvalue weighted by Crippen LogP contribution is 2.44.